The van der Waals surface area contributed by atoms with E-state index in [-0.39, 0.29) is 12.5 Å². The molecule has 0 radical (unpaired) electrons. The van der Waals surface area contributed by atoms with Crippen LogP contribution in [0.5, 0.6) is 0 Å². The molecule has 5 heteroatoms. The quantitative estimate of drug-likeness (QED) is 0.485. The Morgan fingerprint density at radius 1 is 1.00 bits per heavy atom. The fourth-order valence-corrected chi connectivity index (χ4v) is 2.65. The standard InChI is InChI=1S/C15H11NO4/c17-15(20-16-18)19-9-14-12-7-3-1-5-10(12)11-6-2-4-8-13(11)14/h1-8,14H,9H2. The van der Waals surface area contributed by atoms with Gasteiger partial charge < -0.3 is 4.74 Å². The van der Waals surface area contributed by atoms with Gasteiger partial charge in [-0.1, -0.05) is 48.5 Å². The van der Waals surface area contributed by atoms with E-state index in [0.29, 0.717) is 0 Å². The van der Waals surface area contributed by atoms with Gasteiger partial charge >= 0.3 is 6.16 Å². The van der Waals surface area contributed by atoms with Crippen molar-refractivity contribution in [2.24, 2.45) is 5.34 Å². The Balaban J connectivity index is 1.91. The normalized spacial score (nSPS) is 12.4. The number of ether oxygens (including phenoxy) is 1. The molecule has 1 aliphatic rings. The fourth-order valence-electron chi connectivity index (χ4n) is 2.65. The molecule has 3 rings (SSSR count). The molecule has 0 aromatic heterocycles. The first-order valence-corrected chi connectivity index (χ1v) is 6.16. The van der Waals surface area contributed by atoms with Crippen LogP contribution in [0.2, 0.25) is 0 Å². The van der Waals surface area contributed by atoms with Gasteiger partial charge in [-0.15, -0.1) is 4.91 Å². The van der Waals surface area contributed by atoms with E-state index in [0.717, 1.165) is 22.3 Å². The van der Waals surface area contributed by atoms with Crippen molar-refractivity contribution in [1.82, 2.24) is 0 Å². The number of hydrogen-bond donors (Lipinski definition) is 0. The second-order valence-corrected chi connectivity index (χ2v) is 4.45. The van der Waals surface area contributed by atoms with Crippen LogP contribution in [0, 0.1) is 4.91 Å². The minimum absolute atomic E-state index is 0.0541. The highest BCUT2D eigenvalue weighted by Crippen LogP contribution is 2.44. The summed E-state index contributed by atoms with van der Waals surface area (Å²) in [4.78, 5) is 24.8. The molecule has 5 nitrogen and oxygen atoms in total. The number of carbonyl (C=O) groups is 1. The van der Waals surface area contributed by atoms with Crippen molar-refractivity contribution < 1.29 is 14.4 Å². The van der Waals surface area contributed by atoms with Crippen molar-refractivity contribution in [1.29, 1.82) is 0 Å². The molecule has 0 N–H and O–H groups in total. The van der Waals surface area contributed by atoms with Crippen LogP contribution in [0.25, 0.3) is 11.1 Å². The zero-order chi connectivity index (χ0) is 13.9. The zero-order valence-electron chi connectivity index (χ0n) is 10.5. The molecule has 0 amide bonds. The smallest absolute Gasteiger partial charge is 0.432 e. The SMILES string of the molecule is O=NOC(=O)OCC1c2ccccc2-c2ccccc21. The van der Waals surface area contributed by atoms with Gasteiger partial charge in [0.15, 0.2) is 5.34 Å². The van der Waals surface area contributed by atoms with Gasteiger partial charge in [0.05, 0.1) is 0 Å². The lowest BCUT2D eigenvalue weighted by Gasteiger charge is -2.12. The summed E-state index contributed by atoms with van der Waals surface area (Å²) in [6.07, 6.45) is -1.08. The van der Waals surface area contributed by atoms with Crippen molar-refractivity contribution in [3.8, 4) is 11.1 Å². The molecule has 0 fully saturated rings. The first-order valence-electron chi connectivity index (χ1n) is 6.16. The molecular weight excluding hydrogens is 258 g/mol. The highest BCUT2D eigenvalue weighted by atomic mass is 16.8. The average molecular weight is 269 g/mol. The molecular formula is C15H11NO4. The van der Waals surface area contributed by atoms with Crippen molar-refractivity contribution in [3.05, 3.63) is 64.6 Å². The van der Waals surface area contributed by atoms with Crippen molar-refractivity contribution in [2.75, 3.05) is 6.61 Å². The van der Waals surface area contributed by atoms with E-state index in [1.165, 1.54) is 0 Å². The second-order valence-electron chi connectivity index (χ2n) is 4.45. The van der Waals surface area contributed by atoms with Crippen LogP contribution in [0.3, 0.4) is 0 Å². The molecule has 0 spiro atoms. The Hall–Kier alpha value is -2.69. The molecule has 1 aliphatic carbocycles. The van der Waals surface area contributed by atoms with Crippen LogP contribution in [0.4, 0.5) is 4.79 Å². The van der Waals surface area contributed by atoms with Crippen LogP contribution in [-0.4, -0.2) is 12.8 Å². The summed E-state index contributed by atoms with van der Waals surface area (Å²) in [6, 6.07) is 15.9. The monoisotopic (exact) mass is 269 g/mol. The Bertz CT molecular complexity index is 623. The first-order chi connectivity index (χ1) is 9.81. The van der Waals surface area contributed by atoms with Gasteiger partial charge in [0.25, 0.3) is 0 Å². The van der Waals surface area contributed by atoms with E-state index in [9.17, 15) is 9.70 Å². The third-order valence-corrected chi connectivity index (χ3v) is 3.44. The highest BCUT2D eigenvalue weighted by Gasteiger charge is 2.29. The number of benzene rings is 2. The number of rotatable bonds is 3. The molecule has 0 atom stereocenters. The molecule has 100 valence electrons. The van der Waals surface area contributed by atoms with Gasteiger partial charge in [0.1, 0.15) is 6.61 Å². The van der Waals surface area contributed by atoms with E-state index >= 15 is 0 Å². The summed E-state index contributed by atoms with van der Waals surface area (Å²) in [6.45, 7) is 0.113. The number of fused-ring (bicyclic) bond motifs is 3. The molecule has 0 saturated heterocycles. The maximum atomic E-state index is 11.1. The summed E-state index contributed by atoms with van der Waals surface area (Å²) in [7, 11) is 0. The highest BCUT2D eigenvalue weighted by molar-refractivity contribution is 5.78. The molecule has 0 bridgehead atoms. The van der Waals surface area contributed by atoms with E-state index in [1.807, 2.05) is 53.9 Å². The summed E-state index contributed by atoms with van der Waals surface area (Å²) < 4.78 is 4.93. The van der Waals surface area contributed by atoms with Gasteiger partial charge in [-0.2, -0.15) is 0 Å². The van der Waals surface area contributed by atoms with Crippen LogP contribution in [-0.2, 0) is 9.57 Å². The Morgan fingerprint density at radius 2 is 1.55 bits per heavy atom. The Labute approximate surface area is 115 Å². The predicted molar refractivity (Wildman–Crippen MR) is 71.9 cm³/mol. The van der Waals surface area contributed by atoms with Crippen LogP contribution in [0.1, 0.15) is 17.0 Å². The summed E-state index contributed by atoms with van der Waals surface area (Å²) in [5, 5.41) is 2.04. The summed E-state index contributed by atoms with van der Waals surface area (Å²) >= 11 is 0. The van der Waals surface area contributed by atoms with Crippen molar-refractivity contribution >= 4 is 6.16 Å². The fraction of sp³-hybridized carbons (Fsp3) is 0.133. The Morgan fingerprint density at radius 3 is 2.10 bits per heavy atom. The van der Waals surface area contributed by atoms with Crippen molar-refractivity contribution in [2.45, 2.75) is 5.92 Å². The van der Waals surface area contributed by atoms with E-state index in [4.69, 9.17) is 4.74 Å². The van der Waals surface area contributed by atoms with E-state index < -0.39 is 6.16 Å². The maximum Gasteiger partial charge on any atom is 0.537 e. The van der Waals surface area contributed by atoms with Crippen LogP contribution in [0.15, 0.2) is 53.9 Å². The summed E-state index contributed by atoms with van der Waals surface area (Å²) in [5.41, 5.74) is 4.47. The van der Waals surface area contributed by atoms with Gasteiger partial charge in [-0.3, -0.25) is 0 Å². The first kappa shape index (κ1) is 12.3. The lowest BCUT2D eigenvalue weighted by molar-refractivity contribution is 0.0541. The number of hydrogen-bond acceptors (Lipinski definition) is 5. The molecule has 0 aliphatic heterocycles. The lowest BCUT2D eigenvalue weighted by atomic mass is 9.98. The molecule has 0 saturated carbocycles. The molecule has 2 aromatic rings. The lowest BCUT2D eigenvalue weighted by Crippen LogP contribution is -2.11. The number of nitrogens with zero attached hydrogens (tertiary/aromatic N) is 1. The largest absolute Gasteiger partial charge is 0.537 e. The molecule has 20 heavy (non-hydrogen) atoms. The van der Waals surface area contributed by atoms with Crippen molar-refractivity contribution in [3.63, 3.8) is 0 Å². The predicted octanol–water partition coefficient (Wildman–Crippen LogP) is 3.63. The summed E-state index contributed by atoms with van der Waals surface area (Å²) in [5.74, 6) is -0.0541. The van der Waals surface area contributed by atoms with E-state index in [1.54, 1.807) is 0 Å². The number of carbonyl (C=O) groups excluding carboxylic acids is 1. The van der Waals surface area contributed by atoms with Crippen LogP contribution >= 0.6 is 0 Å². The third kappa shape index (κ3) is 2.03. The average Bonchev–Trinajstić information content (AvgIpc) is 2.80. The molecule has 0 heterocycles. The minimum Gasteiger partial charge on any atom is -0.432 e. The van der Waals surface area contributed by atoms with E-state index in [2.05, 4.69) is 4.84 Å². The third-order valence-electron chi connectivity index (χ3n) is 3.44. The molecule has 2 aromatic carbocycles. The zero-order valence-corrected chi connectivity index (χ0v) is 10.5. The van der Waals surface area contributed by atoms with Gasteiger partial charge in [-0.25, -0.2) is 9.63 Å². The molecule has 0 unspecified atom stereocenters. The van der Waals surface area contributed by atoms with Gasteiger partial charge in [-0.05, 0) is 22.3 Å². The topological polar surface area (TPSA) is 65.0 Å². The maximum absolute atomic E-state index is 11.1. The Kier molecular flexibility index (Phi) is 3.16. The van der Waals surface area contributed by atoms with Crippen LogP contribution < -0.4 is 0 Å². The van der Waals surface area contributed by atoms with Gasteiger partial charge in [0, 0.05) is 5.92 Å². The minimum atomic E-state index is -1.08. The van der Waals surface area contributed by atoms with Gasteiger partial charge in [0.2, 0.25) is 0 Å². The second kappa shape index (κ2) is 5.13.